The zero-order valence-electron chi connectivity index (χ0n) is 18.3. The molecule has 0 radical (unpaired) electrons. The van der Waals surface area contributed by atoms with Gasteiger partial charge < -0.3 is 10.4 Å². The fourth-order valence-electron chi connectivity index (χ4n) is 3.55. The Hall–Kier alpha value is -4.20. The molecule has 0 aliphatic heterocycles. The quantitative estimate of drug-likeness (QED) is 0.177. The number of anilines is 2. The van der Waals surface area contributed by atoms with Crippen molar-refractivity contribution < 1.29 is 9.90 Å². The third-order valence-electron chi connectivity index (χ3n) is 5.35. The molecule has 1 amide bonds. The highest BCUT2D eigenvalue weighted by Gasteiger charge is 2.09. The van der Waals surface area contributed by atoms with Gasteiger partial charge in [0.2, 0.25) is 0 Å². The van der Waals surface area contributed by atoms with Crippen LogP contribution in [0.3, 0.4) is 0 Å². The van der Waals surface area contributed by atoms with Gasteiger partial charge in [-0.05, 0) is 53.2 Å². The molecule has 0 saturated heterocycles. The molecule has 0 fully saturated rings. The highest BCUT2D eigenvalue weighted by molar-refractivity contribution is 7.14. The van der Waals surface area contributed by atoms with E-state index in [9.17, 15) is 9.90 Å². The van der Waals surface area contributed by atoms with Gasteiger partial charge in [0.05, 0.1) is 11.9 Å². The maximum atomic E-state index is 12.5. The van der Waals surface area contributed by atoms with E-state index in [1.807, 2.05) is 72.1 Å². The largest absolute Gasteiger partial charge is 0.507 e. The average molecular weight is 499 g/mol. The van der Waals surface area contributed by atoms with Gasteiger partial charge in [0.25, 0.3) is 5.91 Å². The Morgan fingerprint density at radius 3 is 2.54 bits per heavy atom. The lowest BCUT2D eigenvalue weighted by Crippen LogP contribution is -2.17. The number of amides is 1. The zero-order chi connectivity index (χ0) is 24.2. The monoisotopic (exact) mass is 498 g/mol. The van der Waals surface area contributed by atoms with Gasteiger partial charge in [-0.25, -0.2) is 10.4 Å². The topological polar surface area (TPSA) is 86.6 Å². The molecule has 1 heterocycles. The van der Waals surface area contributed by atoms with Gasteiger partial charge in [0.15, 0.2) is 5.13 Å². The van der Waals surface area contributed by atoms with Gasteiger partial charge in [0, 0.05) is 32.8 Å². The molecule has 0 spiro atoms. The van der Waals surface area contributed by atoms with Crippen LogP contribution in [0.25, 0.3) is 22.0 Å². The van der Waals surface area contributed by atoms with Crippen molar-refractivity contribution >= 4 is 56.7 Å². The van der Waals surface area contributed by atoms with Crippen LogP contribution in [0, 0.1) is 0 Å². The summed E-state index contributed by atoms with van der Waals surface area (Å²) >= 11 is 7.42. The molecule has 0 atom stereocenters. The third-order valence-corrected chi connectivity index (χ3v) is 6.36. The second kappa shape index (κ2) is 9.97. The summed E-state index contributed by atoms with van der Waals surface area (Å²) in [7, 11) is 0. The number of nitrogens with zero attached hydrogens (tertiary/aromatic N) is 2. The molecule has 5 rings (SSSR count). The molecule has 172 valence electrons. The van der Waals surface area contributed by atoms with Gasteiger partial charge >= 0.3 is 0 Å². The predicted molar refractivity (Wildman–Crippen MR) is 143 cm³/mol. The maximum Gasteiger partial charge on any atom is 0.271 e. The minimum Gasteiger partial charge on any atom is -0.507 e. The normalized spacial score (nSPS) is 11.1. The van der Waals surface area contributed by atoms with E-state index in [4.69, 9.17) is 11.6 Å². The Labute approximate surface area is 210 Å². The molecule has 8 heteroatoms. The molecule has 35 heavy (non-hydrogen) atoms. The van der Waals surface area contributed by atoms with Gasteiger partial charge in [-0.15, -0.1) is 11.3 Å². The minimum atomic E-state index is -0.351. The molecular formula is C27H19ClN4O2S. The van der Waals surface area contributed by atoms with Crippen LogP contribution >= 0.6 is 22.9 Å². The molecular weight excluding hydrogens is 480 g/mol. The number of carbonyl (C=O) groups is 1. The van der Waals surface area contributed by atoms with Gasteiger partial charge in [0.1, 0.15) is 5.75 Å². The Kier molecular flexibility index (Phi) is 6.43. The highest BCUT2D eigenvalue weighted by Crippen LogP contribution is 2.28. The number of aromatic nitrogens is 1. The number of benzene rings is 4. The SMILES string of the molecule is O=C(N/N=C\c1c(O)ccc2ccccc12)c1ccc(-c2csc(Nc3ccc(Cl)cc3)n2)cc1. The summed E-state index contributed by atoms with van der Waals surface area (Å²) < 4.78 is 0. The third kappa shape index (κ3) is 5.16. The standard InChI is InChI=1S/C27H19ClN4O2S/c28-20-10-12-21(13-11-20)30-27-31-24(16-35-27)18-5-7-19(8-6-18)26(34)32-29-15-23-22-4-2-1-3-17(22)9-14-25(23)33/h1-16,33H,(H,30,31)(H,32,34)/b29-15-. The van der Waals surface area contributed by atoms with Crippen molar-refractivity contribution in [3.8, 4) is 17.0 Å². The van der Waals surface area contributed by atoms with E-state index in [0.717, 1.165) is 32.8 Å². The summed E-state index contributed by atoms with van der Waals surface area (Å²) in [5.41, 5.74) is 6.13. The van der Waals surface area contributed by atoms with Crippen molar-refractivity contribution in [1.29, 1.82) is 0 Å². The predicted octanol–water partition coefficient (Wildman–Crippen LogP) is 6.83. The summed E-state index contributed by atoms with van der Waals surface area (Å²) in [4.78, 5) is 17.2. The van der Waals surface area contributed by atoms with E-state index in [1.54, 1.807) is 18.2 Å². The first-order valence-electron chi connectivity index (χ1n) is 10.7. The lowest BCUT2D eigenvalue weighted by atomic mass is 10.0. The molecule has 4 aromatic carbocycles. The number of phenolic OH excluding ortho intramolecular Hbond substituents is 1. The van der Waals surface area contributed by atoms with Crippen molar-refractivity contribution in [2.24, 2.45) is 5.10 Å². The fraction of sp³-hybridized carbons (Fsp3) is 0. The van der Waals surface area contributed by atoms with E-state index < -0.39 is 0 Å². The number of nitrogens with one attached hydrogen (secondary N) is 2. The van der Waals surface area contributed by atoms with Crippen LogP contribution < -0.4 is 10.7 Å². The molecule has 0 aliphatic carbocycles. The Balaban J connectivity index is 1.25. The van der Waals surface area contributed by atoms with E-state index in [1.165, 1.54) is 17.6 Å². The number of hydrogen-bond donors (Lipinski definition) is 3. The van der Waals surface area contributed by atoms with Gasteiger partial charge in [-0.1, -0.05) is 54.1 Å². The van der Waals surface area contributed by atoms with Crippen LogP contribution in [0.4, 0.5) is 10.8 Å². The smallest absolute Gasteiger partial charge is 0.271 e. The summed E-state index contributed by atoms with van der Waals surface area (Å²) in [6, 6.07) is 25.6. The van der Waals surface area contributed by atoms with Crippen LogP contribution in [-0.2, 0) is 0 Å². The lowest BCUT2D eigenvalue weighted by molar-refractivity contribution is 0.0955. The minimum absolute atomic E-state index is 0.0965. The number of carbonyl (C=O) groups excluding carboxylic acids is 1. The number of hydrazone groups is 1. The molecule has 3 N–H and O–H groups in total. The number of aromatic hydroxyl groups is 1. The first-order chi connectivity index (χ1) is 17.1. The Morgan fingerprint density at radius 1 is 0.971 bits per heavy atom. The maximum absolute atomic E-state index is 12.5. The number of rotatable bonds is 6. The molecule has 5 aromatic rings. The number of thiazole rings is 1. The van der Waals surface area contributed by atoms with Crippen LogP contribution in [0.15, 0.2) is 95.4 Å². The van der Waals surface area contributed by atoms with Crippen molar-refractivity contribution in [2.75, 3.05) is 5.32 Å². The van der Waals surface area contributed by atoms with Crippen molar-refractivity contribution in [1.82, 2.24) is 10.4 Å². The van der Waals surface area contributed by atoms with Crippen LogP contribution in [-0.4, -0.2) is 22.2 Å². The molecule has 6 nitrogen and oxygen atoms in total. The molecule has 0 aliphatic rings. The summed E-state index contributed by atoms with van der Waals surface area (Å²) in [6.45, 7) is 0. The second-order valence-electron chi connectivity index (χ2n) is 7.67. The number of phenols is 1. The summed E-state index contributed by atoms with van der Waals surface area (Å²) in [5.74, 6) is -0.255. The van der Waals surface area contributed by atoms with Crippen LogP contribution in [0.5, 0.6) is 5.75 Å². The number of fused-ring (bicyclic) bond motifs is 1. The summed E-state index contributed by atoms with van der Waals surface area (Å²) in [5, 5.41) is 22.7. The molecule has 1 aromatic heterocycles. The van der Waals surface area contributed by atoms with Gasteiger partial charge in [-0.3, -0.25) is 4.79 Å². The molecule has 0 unspecified atom stereocenters. The van der Waals surface area contributed by atoms with Crippen molar-refractivity contribution in [3.05, 3.63) is 106 Å². The molecule has 0 bridgehead atoms. The van der Waals surface area contributed by atoms with Crippen LogP contribution in [0.2, 0.25) is 5.02 Å². The average Bonchev–Trinajstić information content (AvgIpc) is 3.35. The van der Waals surface area contributed by atoms with Gasteiger partial charge in [-0.2, -0.15) is 5.10 Å². The van der Waals surface area contributed by atoms with Crippen molar-refractivity contribution in [2.45, 2.75) is 0 Å². The fourth-order valence-corrected chi connectivity index (χ4v) is 4.42. The lowest BCUT2D eigenvalue weighted by Gasteiger charge is -2.05. The zero-order valence-corrected chi connectivity index (χ0v) is 19.8. The first kappa shape index (κ1) is 22.6. The Morgan fingerprint density at radius 2 is 1.74 bits per heavy atom. The molecule has 0 saturated carbocycles. The van der Waals surface area contributed by atoms with E-state index in [2.05, 4.69) is 20.8 Å². The van der Waals surface area contributed by atoms with E-state index >= 15 is 0 Å². The Bertz CT molecular complexity index is 1530. The number of hydrogen-bond acceptors (Lipinski definition) is 6. The summed E-state index contributed by atoms with van der Waals surface area (Å²) in [6.07, 6.45) is 1.45. The number of halogens is 1. The first-order valence-corrected chi connectivity index (χ1v) is 12.0. The van der Waals surface area contributed by atoms with Crippen molar-refractivity contribution in [3.63, 3.8) is 0 Å². The second-order valence-corrected chi connectivity index (χ2v) is 8.96. The van der Waals surface area contributed by atoms with E-state index in [0.29, 0.717) is 16.1 Å². The highest BCUT2D eigenvalue weighted by atomic mass is 35.5. The van der Waals surface area contributed by atoms with E-state index in [-0.39, 0.29) is 11.7 Å². The van der Waals surface area contributed by atoms with Crippen LogP contribution in [0.1, 0.15) is 15.9 Å².